The molecule has 0 aliphatic carbocycles. The van der Waals surface area contributed by atoms with Crippen LogP contribution < -0.4 is 0 Å². The predicted molar refractivity (Wildman–Crippen MR) is 122 cm³/mol. The van der Waals surface area contributed by atoms with E-state index >= 15 is 0 Å². The molecule has 0 amide bonds. The maximum Gasteiger partial charge on any atom is 0.530 e. The lowest BCUT2D eigenvalue weighted by Crippen LogP contribution is -2.55. The van der Waals surface area contributed by atoms with Crippen molar-refractivity contribution in [3.05, 3.63) is 12.7 Å². The molecule has 168 valence electrons. The highest BCUT2D eigenvalue weighted by molar-refractivity contribution is 6.62. The molecule has 0 N–H and O–H groups in total. The lowest BCUT2D eigenvalue weighted by atomic mass is 10.1. The standard InChI is InChI=1S/C23H48O4Si/c1-6-8-10-12-14-16-18-20-22-27-23(28(24-3,25-4)26-5)21-19-17-15-13-11-9-7-2/h6,23H,1,7-22H2,2-5H3. The largest absolute Gasteiger partial charge is 0.530 e. The van der Waals surface area contributed by atoms with E-state index in [1.54, 1.807) is 21.3 Å². The molecule has 0 spiro atoms. The van der Waals surface area contributed by atoms with Crippen molar-refractivity contribution in [3.63, 3.8) is 0 Å². The Morgan fingerprint density at radius 1 is 0.714 bits per heavy atom. The third-order valence-electron chi connectivity index (χ3n) is 5.44. The first-order valence-corrected chi connectivity index (χ1v) is 13.4. The molecule has 0 fully saturated rings. The summed E-state index contributed by atoms with van der Waals surface area (Å²) in [7, 11) is 2.30. The van der Waals surface area contributed by atoms with Crippen LogP contribution in [0.4, 0.5) is 0 Å². The van der Waals surface area contributed by atoms with Gasteiger partial charge in [-0.15, -0.1) is 6.58 Å². The third-order valence-corrected chi connectivity index (χ3v) is 8.39. The maximum atomic E-state index is 6.24. The highest BCUT2D eigenvalue weighted by atomic mass is 28.4. The molecule has 0 saturated carbocycles. The SMILES string of the molecule is C=CCCCCCCCCOC(CCCCCCCCC)[Si](OC)(OC)OC. The fraction of sp³-hybridized carbons (Fsp3) is 0.913. The van der Waals surface area contributed by atoms with Crippen LogP contribution in [0, 0.1) is 0 Å². The van der Waals surface area contributed by atoms with E-state index < -0.39 is 8.80 Å². The van der Waals surface area contributed by atoms with Crippen LogP contribution >= 0.6 is 0 Å². The second-order valence-corrected chi connectivity index (χ2v) is 10.8. The summed E-state index contributed by atoms with van der Waals surface area (Å²) < 4.78 is 23.4. The van der Waals surface area contributed by atoms with Crippen molar-refractivity contribution in [1.29, 1.82) is 0 Å². The van der Waals surface area contributed by atoms with Gasteiger partial charge < -0.3 is 18.0 Å². The molecule has 4 nitrogen and oxygen atoms in total. The number of hydrogen-bond donors (Lipinski definition) is 0. The Morgan fingerprint density at radius 3 is 1.75 bits per heavy atom. The monoisotopic (exact) mass is 416 g/mol. The summed E-state index contributed by atoms with van der Waals surface area (Å²) in [5.41, 5.74) is -0.0595. The minimum absolute atomic E-state index is 0.0595. The smallest absolute Gasteiger partial charge is 0.375 e. The molecule has 0 radical (unpaired) electrons. The van der Waals surface area contributed by atoms with Crippen molar-refractivity contribution in [2.45, 2.75) is 109 Å². The van der Waals surface area contributed by atoms with Crippen LogP contribution in [0.15, 0.2) is 12.7 Å². The first-order valence-electron chi connectivity index (χ1n) is 11.6. The zero-order valence-electron chi connectivity index (χ0n) is 19.3. The quantitative estimate of drug-likeness (QED) is 0.110. The zero-order valence-corrected chi connectivity index (χ0v) is 20.3. The predicted octanol–water partition coefficient (Wildman–Crippen LogP) is 6.85. The summed E-state index contributed by atoms with van der Waals surface area (Å²) in [6.07, 6.45) is 20.6. The molecule has 0 bridgehead atoms. The van der Waals surface area contributed by atoms with Gasteiger partial charge in [-0.1, -0.05) is 83.6 Å². The fourth-order valence-electron chi connectivity index (χ4n) is 3.62. The van der Waals surface area contributed by atoms with Gasteiger partial charge in [0.15, 0.2) is 0 Å². The average molecular weight is 417 g/mol. The molecular weight excluding hydrogens is 368 g/mol. The van der Waals surface area contributed by atoms with Crippen molar-refractivity contribution in [3.8, 4) is 0 Å². The molecule has 0 rings (SSSR count). The van der Waals surface area contributed by atoms with Gasteiger partial charge in [0.1, 0.15) is 5.73 Å². The molecule has 5 heteroatoms. The summed E-state index contributed by atoms with van der Waals surface area (Å²) in [5, 5.41) is 0. The highest BCUT2D eigenvalue weighted by Crippen LogP contribution is 2.22. The second-order valence-electron chi connectivity index (χ2n) is 7.68. The first kappa shape index (κ1) is 27.8. The van der Waals surface area contributed by atoms with E-state index in [1.807, 2.05) is 6.08 Å². The van der Waals surface area contributed by atoms with Gasteiger partial charge >= 0.3 is 8.80 Å². The van der Waals surface area contributed by atoms with E-state index in [1.165, 1.54) is 70.6 Å². The molecule has 0 aliphatic heterocycles. The molecule has 0 aliphatic rings. The lowest BCUT2D eigenvalue weighted by Gasteiger charge is -2.32. The molecule has 1 unspecified atom stereocenters. The minimum Gasteiger partial charge on any atom is -0.375 e. The maximum absolute atomic E-state index is 6.24. The third kappa shape index (κ3) is 13.1. The summed E-state index contributed by atoms with van der Waals surface area (Å²) in [6, 6.07) is 0. The number of hydrogen-bond acceptors (Lipinski definition) is 4. The van der Waals surface area contributed by atoms with E-state index in [9.17, 15) is 0 Å². The van der Waals surface area contributed by atoms with Crippen molar-refractivity contribution >= 4 is 8.80 Å². The summed E-state index contributed by atoms with van der Waals surface area (Å²) >= 11 is 0. The Balaban J connectivity index is 4.16. The number of allylic oxidation sites excluding steroid dienone is 1. The zero-order chi connectivity index (χ0) is 20.9. The Kier molecular flexibility index (Phi) is 19.9. The van der Waals surface area contributed by atoms with Gasteiger partial charge in [0.25, 0.3) is 0 Å². The molecule has 0 heterocycles. The van der Waals surface area contributed by atoms with Gasteiger partial charge in [0.2, 0.25) is 0 Å². The van der Waals surface area contributed by atoms with Crippen LogP contribution in [0.25, 0.3) is 0 Å². The van der Waals surface area contributed by atoms with Gasteiger partial charge in [0.05, 0.1) is 0 Å². The van der Waals surface area contributed by atoms with Gasteiger partial charge in [-0.25, -0.2) is 0 Å². The summed E-state index contributed by atoms with van der Waals surface area (Å²) in [5.74, 6) is 0. The van der Waals surface area contributed by atoms with Crippen molar-refractivity contribution in [2.75, 3.05) is 27.9 Å². The molecule has 28 heavy (non-hydrogen) atoms. The van der Waals surface area contributed by atoms with Crippen LogP contribution in [0.5, 0.6) is 0 Å². The molecule has 0 saturated heterocycles. The molecule has 1 atom stereocenters. The molecule has 0 aromatic heterocycles. The van der Waals surface area contributed by atoms with Crippen LogP contribution in [0.1, 0.15) is 103 Å². The molecule has 0 aromatic rings. The lowest BCUT2D eigenvalue weighted by molar-refractivity contribution is 0.00710. The van der Waals surface area contributed by atoms with E-state index in [0.717, 1.165) is 32.3 Å². The van der Waals surface area contributed by atoms with Crippen LogP contribution in [0.3, 0.4) is 0 Å². The Labute approximate surface area is 176 Å². The number of rotatable bonds is 22. The van der Waals surface area contributed by atoms with Crippen molar-refractivity contribution in [2.24, 2.45) is 0 Å². The Bertz CT molecular complexity index is 326. The second kappa shape index (κ2) is 20.1. The van der Waals surface area contributed by atoms with E-state index in [4.69, 9.17) is 18.0 Å². The molecule has 0 aromatic carbocycles. The first-order chi connectivity index (χ1) is 13.7. The van der Waals surface area contributed by atoms with E-state index in [-0.39, 0.29) is 5.73 Å². The summed E-state index contributed by atoms with van der Waals surface area (Å²) in [4.78, 5) is 0. The number of unbranched alkanes of at least 4 members (excludes halogenated alkanes) is 12. The number of ether oxygens (including phenoxy) is 1. The minimum atomic E-state index is -2.75. The van der Waals surface area contributed by atoms with Crippen LogP contribution in [0.2, 0.25) is 0 Å². The average Bonchev–Trinajstić information content (AvgIpc) is 2.72. The van der Waals surface area contributed by atoms with Gasteiger partial charge in [0, 0.05) is 27.9 Å². The van der Waals surface area contributed by atoms with Crippen molar-refractivity contribution in [1.82, 2.24) is 0 Å². The van der Waals surface area contributed by atoms with Crippen molar-refractivity contribution < 1.29 is 18.0 Å². The van der Waals surface area contributed by atoms with Crippen LogP contribution in [-0.2, 0) is 18.0 Å². The fourth-order valence-corrected chi connectivity index (χ4v) is 5.79. The highest BCUT2D eigenvalue weighted by Gasteiger charge is 2.48. The van der Waals surface area contributed by atoms with E-state index in [0.29, 0.717) is 0 Å². The van der Waals surface area contributed by atoms with E-state index in [2.05, 4.69) is 13.5 Å². The normalized spacial score (nSPS) is 13.0. The Morgan fingerprint density at radius 2 is 1.21 bits per heavy atom. The van der Waals surface area contributed by atoms with Gasteiger partial charge in [-0.2, -0.15) is 0 Å². The Hall–Kier alpha value is -0.203. The topological polar surface area (TPSA) is 36.9 Å². The molecular formula is C23H48O4Si. The van der Waals surface area contributed by atoms with Gasteiger partial charge in [-0.05, 0) is 25.7 Å². The summed E-state index contributed by atoms with van der Waals surface area (Å²) in [6.45, 7) is 6.80. The van der Waals surface area contributed by atoms with Gasteiger partial charge in [-0.3, -0.25) is 0 Å². The van der Waals surface area contributed by atoms with Crippen LogP contribution in [-0.4, -0.2) is 42.5 Å².